The van der Waals surface area contributed by atoms with Crippen molar-refractivity contribution in [2.45, 2.75) is 235 Å². The van der Waals surface area contributed by atoms with Crippen molar-refractivity contribution in [2.24, 2.45) is 17.4 Å². The van der Waals surface area contributed by atoms with Gasteiger partial charge in [-0.3, -0.25) is 91.1 Å². The van der Waals surface area contributed by atoms with Gasteiger partial charge in [-0.2, -0.15) is 0 Å². The van der Waals surface area contributed by atoms with Crippen LogP contribution in [-0.2, 0) is 117 Å². The quantitative estimate of drug-likeness (QED) is 0.0253. The van der Waals surface area contributed by atoms with E-state index < -0.39 is 285 Å². The number of nitrogens with one attached hydrogen (secondary N) is 11. The summed E-state index contributed by atoms with van der Waals surface area (Å²) in [6.45, 7) is 3.80. The van der Waals surface area contributed by atoms with Crippen molar-refractivity contribution >= 4 is 146 Å². The van der Waals surface area contributed by atoms with Gasteiger partial charge in [0.25, 0.3) is 0 Å². The molecule has 3 aliphatic rings. The Balaban J connectivity index is 1.20. The molecule has 17 amide bonds. The highest BCUT2D eigenvalue weighted by Crippen LogP contribution is 2.29. The number of thioether (sulfide) groups is 1. The van der Waals surface area contributed by atoms with Crippen LogP contribution in [0.4, 0.5) is 0 Å². The van der Waals surface area contributed by atoms with E-state index in [1.807, 2.05) is 0 Å². The van der Waals surface area contributed by atoms with Gasteiger partial charge in [-0.05, 0) is 92.3 Å². The molecule has 21 N–H and O–H groups in total. The van der Waals surface area contributed by atoms with Crippen LogP contribution in [0.5, 0.6) is 5.75 Å². The van der Waals surface area contributed by atoms with Crippen LogP contribution in [0.2, 0.25) is 0 Å². The predicted molar refractivity (Wildman–Crippen MR) is 484 cm³/mol. The zero-order valence-corrected chi connectivity index (χ0v) is 76.8. The number of amides is 17. The van der Waals surface area contributed by atoms with Crippen molar-refractivity contribution in [3.8, 4) is 5.75 Å². The number of aliphatic hydroxyl groups excluding tert-OH is 3. The van der Waals surface area contributed by atoms with E-state index in [1.54, 1.807) is 82.4 Å². The number of aliphatic carboxylic acids is 2. The summed E-state index contributed by atoms with van der Waals surface area (Å²) in [4.78, 5) is 281. The summed E-state index contributed by atoms with van der Waals surface area (Å²) in [6, 6.07) is -4.75. The SMILES string of the molecule is CCCC[C@H]1C(=O)N(C)[C@@H](CCCC)C(=O)N[C@@H](CCC(=O)O)C(=O)N[C@H](C(=O)NCC(N)=O)CSCC(=O)N[C@@H](Cc2ccc(O)cc2)C(=O)N(C)[C@@H](C)C(=O)N[C@H](CC(N)=O)C(=O)N2CCC[C@H]2C(=O)N[C@@H](CO)C(=O)N[C@@H](CC(C)C)C(=O)N2C[C@H](O)C[C@H]2C(=O)N[C@@H](Cc2c[nH]c3ccccc23)C(=O)N[C@@H](CO)C(=O)N[C@@H](Cc2cn(CC(=O)O)c3ccccc23)C(=O)N1C. The largest absolute Gasteiger partial charge is 0.508 e. The minimum atomic E-state index is -2.00. The van der Waals surface area contributed by atoms with Gasteiger partial charge in [-0.1, -0.05) is 102 Å². The molecule has 2 aromatic heterocycles. The molecule has 0 radical (unpaired) electrons. The number of benzene rings is 3. The van der Waals surface area contributed by atoms with Crippen LogP contribution >= 0.6 is 11.8 Å². The fraction of sp³-hybridized carbons (Fsp3) is 0.539. The van der Waals surface area contributed by atoms with Crippen molar-refractivity contribution in [3.05, 3.63) is 102 Å². The van der Waals surface area contributed by atoms with Gasteiger partial charge in [0.1, 0.15) is 96.9 Å². The third kappa shape index (κ3) is 29.1. The maximum absolute atomic E-state index is 15.8. The molecule has 0 saturated carbocycles. The molecule has 0 aliphatic carbocycles. The number of aliphatic hydroxyl groups is 3. The first-order valence-corrected chi connectivity index (χ1v) is 45.5. The molecule has 730 valence electrons. The summed E-state index contributed by atoms with van der Waals surface area (Å²) in [5, 5.41) is 89.8. The number of rotatable bonds is 26. The van der Waals surface area contributed by atoms with Gasteiger partial charge in [0.05, 0.1) is 38.0 Å². The number of aromatic nitrogens is 2. The number of para-hydroxylation sites is 2. The minimum absolute atomic E-state index is 0.0798. The van der Waals surface area contributed by atoms with E-state index in [4.69, 9.17) is 11.5 Å². The molecular weight excluding hydrogens is 1770 g/mol. The fourth-order valence-electron chi connectivity index (χ4n) is 16.4. The van der Waals surface area contributed by atoms with Crippen LogP contribution in [-0.4, -0.2) is 333 Å². The number of carbonyl (C=O) groups is 19. The van der Waals surface area contributed by atoms with E-state index in [-0.39, 0.29) is 75.6 Å². The number of fused-ring (bicyclic) bond motifs is 4. The maximum Gasteiger partial charge on any atom is 0.323 e. The summed E-state index contributed by atoms with van der Waals surface area (Å²) < 4.78 is 1.38. The van der Waals surface area contributed by atoms with Crippen molar-refractivity contribution in [2.75, 3.05) is 65.5 Å². The maximum atomic E-state index is 15.8. The molecule has 3 fully saturated rings. The van der Waals surface area contributed by atoms with Gasteiger partial charge in [-0.15, -0.1) is 11.8 Å². The van der Waals surface area contributed by atoms with Crippen molar-refractivity contribution in [1.82, 2.24) is 87.2 Å². The summed E-state index contributed by atoms with van der Waals surface area (Å²) >= 11 is 0.683. The minimum Gasteiger partial charge on any atom is -0.508 e. The summed E-state index contributed by atoms with van der Waals surface area (Å²) in [7, 11) is 3.67. The molecule has 3 aromatic carbocycles. The average Bonchev–Trinajstić information content (AvgIpc) is 1.67. The molecule has 134 heavy (non-hydrogen) atoms. The number of H-pyrrole nitrogens is 1. The van der Waals surface area contributed by atoms with Crippen molar-refractivity contribution in [1.29, 1.82) is 0 Å². The lowest BCUT2D eigenvalue weighted by molar-refractivity contribution is -0.149. The van der Waals surface area contributed by atoms with Gasteiger partial charge in [0.15, 0.2) is 0 Å². The second-order valence-corrected chi connectivity index (χ2v) is 35.2. The second-order valence-electron chi connectivity index (χ2n) is 34.2. The number of nitrogens with zero attached hydrogens (tertiary/aromatic N) is 6. The summed E-state index contributed by atoms with van der Waals surface area (Å²) in [5.74, 6) is -22.2. The van der Waals surface area contributed by atoms with Crippen LogP contribution in [0, 0.1) is 5.92 Å². The van der Waals surface area contributed by atoms with Crippen LogP contribution in [0.3, 0.4) is 0 Å². The molecule has 45 heteroatoms. The first-order chi connectivity index (χ1) is 63.6. The highest BCUT2D eigenvalue weighted by molar-refractivity contribution is 8.00. The van der Waals surface area contributed by atoms with E-state index in [2.05, 4.69) is 58.2 Å². The lowest BCUT2D eigenvalue weighted by Gasteiger charge is -2.36. The van der Waals surface area contributed by atoms with Crippen molar-refractivity contribution in [3.63, 3.8) is 0 Å². The van der Waals surface area contributed by atoms with Gasteiger partial charge >= 0.3 is 11.9 Å². The smallest absolute Gasteiger partial charge is 0.323 e. The number of carbonyl (C=O) groups excluding carboxylic acids is 17. The number of carboxylic acids is 2. The lowest BCUT2D eigenvalue weighted by atomic mass is 10.00. The Kier molecular flexibility index (Phi) is 39.6. The third-order valence-electron chi connectivity index (χ3n) is 23.7. The molecule has 3 aliphatic heterocycles. The van der Waals surface area contributed by atoms with Crippen LogP contribution in [0.15, 0.2) is 85.2 Å². The Bertz CT molecular complexity index is 5110. The number of primary amides is 2. The Morgan fingerprint density at radius 2 is 1.09 bits per heavy atom. The molecule has 44 nitrogen and oxygen atoms in total. The number of hydrogen-bond donors (Lipinski definition) is 19. The van der Waals surface area contributed by atoms with Crippen LogP contribution < -0.4 is 64.6 Å². The topological polar surface area (TPSA) is 655 Å². The highest BCUT2D eigenvalue weighted by atomic mass is 32.2. The summed E-state index contributed by atoms with van der Waals surface area (Å²) in [6.07, 6.45) is -1.38. The Hall–Kier alpha value is -13.3. The number of carboxylic acid groups (broad SMARTS) is 2. The monoisotopic (exact) mass is 1890 g/mol. The van der Waals surface area contributed by atoms with Gasteiger partial charge < -0.3 is 129 Å². The molecular formula is C89H123N19O25S. The molecule has 0 unspecified atom stereocenters. The first-order valence-electron chi connectivity index (χ1n) is 44.4. The van der Waals surface area contributed by atoms with Gasteiger partial charge in [0.2, 0.25) is 100 Å². The first kappa shape index (κ1) is 106. The molecule has 8 rings (SSSR count). The number of nitrogens with two attached hydrogens (primary N) is 2. The second kappa shape index (κ2) is 50.0. The number of aromatic amines is 1. The zero-order chi connectivity index (χ0) is 98.6. The van der Waals surface area contributed by atoms with Gasteiger partial charge in [-0.25, -0.2) is 0 Å². The van der Waals surface area contributed by atoms with Crippen molar-refractivity contribution < 1.29 is 122 Å². The van der Waals surface area contributed by atoms with E-state index in [1.165, 1.54) is 63.1 Å². The van der Waals surface area contributed by atoms with Gasteiger partial charge in [0, 0.05) is 106 Å². The van der Waals surface area contributed by atoms with E-state index in [9.17, 15) is 88.2 Å². The average molecular weight is 1890 g/mol. The molecule has 3 saturated heterocycles. The number of unbranched alkanes of at least 4 members (excludes halogenated alkanes) is 2. The normalized spacial score (nSPS) is 24.9. The molecule has 0 bridgehead atoms. The fourth-order valence-corrected chi connectivity index (χ4v) is 17.2. The number of hydrogen-bond acceptors (Lipinski definition) is 24. The highest BCUT2D eigenvalue weighted by Gasteiger charge is 2.47. The number of phenols is 1. The van der Waals surface area contributed by atoms with E-state index in [0.29, 0.717) is 57.5 Å². The van der Waals surface area contributed by atoms with Crippen LogP contribution in [0.1, 0.15) is 135 Å². The van der Waals surface area contributed by atoms with E-state index >= 15 is 33.6 Å². The molecule has 15 atom stereocenters. The molecule has 5 aromatic rings. The number of aromatic hydroxyl groups is 1. The standard InChI is InChI=1S/C89H123N19O25S/c1-9-11-21-67-82(126)95-57(29-30-74(116)117)78(122)102-65(77(121)93-39-72(91)114)45-134-46-73(115)94-60(33-49-25-27-52(111)28-26-49)85(129)103(6)48(5)76(120)97-62(37-71(90)113)87(131)107-31-17-24-68(107)83(127)101-64(44-110)81(125)98-59(32-47(3)4)88(132)108-41-53(112)36-70(108)84(128)96-58(34-50-38-92-56-20-15-13-18-54(50)56)79(123)100-63(43-109)80(124)99-61(86(130)105(8)69(22-12-10-2)89(133)104(67)7)35-51-40-106(42-75(118)119)66-23-16-14-19-55(51)66/h13-16,18-20,23,25-28,38,40,47-48,53,57-65,67-70,92,109-112H,9-12,17,21-22,24,29-37,39,41-46H2,1-8H3,(H2,90,113)(H2,91,114)(H,93,121)(H,94,115)(H,95,126)(H,96,128)(H,97,120)(H,98,125)(H,99,124)(H,100,123)(H,101,127)(H,102,122)(H,116,117)(H,118,119)/t48-,53+,57-,58-,59-,60-,61-,62+,63-,64-,65-,67-,68-,69-,70-/m0/s1. The Morgan fingerprint density at radius 3 is 1.72 bits per heavy atom. The summed E-state index contributed by atoms with van der Waals surface area (Å²) in [5.41, 5.74) is 13.1. The Morgan fingerprint density at radius 1 is 0.545 bits per heavy atom. The van der Waals surface area contributed by atoms with E-state index in [0.717, 1.165) is 24.5 Å². The molecule has 0 spiro atoms. The lowest BCUT2D eigenvalue weighted by Crippen LogP contribution is -2.62. The molecule has 5 heterocycles. The zero-order valence-electron chi connectivity index (χ0n) is 76.0. The number of phenolic OH excluding ortho intramolecular Hbond substituents is 1. The predicted octanol–water partition coefficient (Wildman–Crippen LogP) is -3.74. The van der Waals surface area contributed by atoms with Crippen LogP contribution in [0.25, 0.3) is 21.8 Å². The third-order valence-corrected chi connectivity index (χ3v) is 24.7. The Labute approximate surface area is 776 Å². The number of likely N-dealkylation sites (N-methyl/N-ethyl adjacent to an activating group) is 3.